The molecule has 94 valence electrons. The Kier molecular flexibility index (Phi) is 3.72. The van der Waals surface area contributed by atoms with Gasteiger partial charge in [0.05, 0.1) is 7.11 Å². The summed E-state index contributed by atoms with van der Waals surface area (Å²) in [5, 5.41) is 0. The molecular weight excluding hydrogens is 210 g/mol. The molecule has 2 nitrogen and oxygen atoms in total. The maximum Gasteiger partial charge on any atom is 0.122 e. The Morgan fingerprint density at radius 3 is 2.53 bits per heavy atom. The number of benzene rings is 1. The van der Waals surface area contributed by atoms with Crippen molar-refractivity contribution in [1.82, 2.24) is 0 Å². The zero-order valence-electron chi connectivity index (χ0n) is 11.0. The van der Waals surface area contributed by atoms with Crippen molar-refractivity contribution in [3.05, 3.63) is 29.3 Å². The van der Waals surface area contributed by atoms with Crippen LogP contribution in [0.15, 0.2) is 18.2 Å². The van der Waals surface area contributed by atoms with Crippen molar-refractivity contribution >= 4 is 0 Å². The van der Waals surface area contributed by atoms with Crippen LogP contribution in [0.5, 0.6) is 5.75 Å². The fourth-order valence-corrected chi connectivity index (χ4v) is 3.22. The zero-order chi connectivity index (χ0) is 12.3. The van der Waals surface area contributed by atoms with Gasteiger partial charge in [-0.05, 0) is 37.0 Å². The molecule has 0 amide bonds. The van der Waals surface area contributed by atoms with Crippen LogP contribution in [0, 0.1) is 6.92 Å². The van der Waals surface area contributed by atoms with Crippen molar-refractivity contribution < 1.29 is 4.74 Å². The van der Waals surface area contributed by atoms with Crippen LogP contribution < -0.4 is 10.5 Å². The van der Waals surface area contributed by atoms with Crippen LogP contribution in [0.4, 0.5) is 0 Å². The van der Waals surface area contributed by atoms with Gasteiger partial charge in [-0.3, -0.25) is 0 Å². The lowest BCUT2D eigenvalue weighted by molar-refractivity contribution is 0.298. The average molecular weight is 233 g/mol. The molecule has 0 aromatic heterocycles. The molecule has 0 radical (unpaired) electrons. The third kappa shape index (κ3) is 2.19. The van der Waals surface area contributed by atoms with Crippen molar-refractivity contribution in [2.24, 2.45) is 5.73 Å². The summed E-state index contributed by atoms with van der Waals surface area (Å²) in [6, 6.07) is 6.36. The molecule has 1 aromatic carbocycles. The number of nitrogens with two attached hydrogens (primary N) is 1. The first-order chi connectivity index (χ1) is 8.23. The van der Waals surface area contributed by atoms with Gasteiger partial charge in [-0.25, -0.2) is 0 Å². The first-order valence-corrected chi connectivity index (χ1v) is 6.58. The van der Waals surface area contributed by atoms with E-state index in [2.05, 4.69) is 19.1 Å². The molecule has 1 aliphatic carbocycles. The molecule has 0 unspecified atom stereocenters. The van der Waals surface area contributed by atoms with Crippen LogP contribution in [0.3, 0.4) is 0 Å². The molecule has 2 N–H and O–H groups in total. The summed E-state index contributed by atoms with van der Waals surface area (Å²) >= 11 is 0. The first-order valence-electron chi connectivity index (χ1n) is 6.58. The smallest absolute Gasteiger partial charge is 0.122 e. The van der Waals surface area contributed by atoms with Gasteiger partial charge in [-0.2, -0.15) is 0 Å². The lowest BCUT2D eigenvalue weighted by atomic mass is 9.68. The molecule has 0 atom stereocenters. The molecular formula is C15H23NO. The van der Waals surface area contributed by atoms with Gasteiger partial charge in [0.15, 0.2) is 0 Å². The van der Waals surface area contributed by atoms with Gasteiger partial charge in [-0.1, -0.05) is 31.4 Å². The Labute approximate surface area is 104 Å². The Bertz CT molecular complexity index is 381. The monoisotopic (exact) mass is 233 g/mol. The van der Waals surface area contributed by atoms with Crippen molar-refractivity contribution in [3.63, 3.8) is 0 Å². The summed E-state index contributed by atoms with van der Waals surface area (Å²) in [4.78, 5) is 0. The lowest BCUT2D eigenvalue weighted by Gasteiger charge is -2.38. The van der Waals surface area contributed by atoms with Gasteiger partial charge in [0.25, 0.3) is 0 Å². The normalized spacial score (nSPS) is 19.0. The highest BCUT2D eigenvalue weighted by molar-refractivity contribution is 5.43. The third-order valence-electron chi connectivity index (χ3n) is 4.28. The van der Waals surface area contributed by atoms with E-state index in [0.29, 0.717) is 0 Å². The fraction of sp³-hybridized carbons (Fsp3) is 0.600. The number of rotatable bonds is 3. The Morgan fingerprint density at radius 2 is 1.94 bits per heavy atom. The van der Waals surface area contributed by atoms with E-state index in [-0.39, 0.29) is 5.41 Å². The Hall–Kier alpha value is -1.02. The lowest BCUT2D eigenvalue weighted by Crippen LogP contribution is -2.37. The molecule has 0 spiro atoms. The quantitative estimate of drug-likeness (QED) is 0.870. The van der Waals surface area contributed by atoms with E-state index in [1.54, 1.807) is 7.11 Å². The summed E-state index contributed by atoms with van der Waals surface area (Å²) in [5.74, 6) is 0.987. The summed E-state index contributed by atoms with van der Waals surface area (Å²) in [6.45, 7) is 2.90. The number of ether oxygens (including phenoxy) is 1. The second kappa shape index (κ2) is 5.09. The van der Waals surface area contributed by atoms with E-state index in [1.165, 1.54) is 43.2 Å². The molecule has 1 aromatic rings. The largest absolute Gasteiger partial charge is 0.496 e. The highest BCUT2D eigenvalue weighted by atomic mass is 16.5. The molecule has 0 saturated heterocycles. The highest BCUT2D eigenvalue weighted by Crippen LogP contribution is 2.41. The molecule has 17 heavy (non-hydrogen) atoms. The van der Waals surface area contributed by atoms with Crippen LogP contribution in [0.1, 0.15) is 43.2 Å². The minimum absolute atomic E-state index is 0.191. The number of methoxy groups -OCH3 is 1. The highest BCUT2D eigenvalue weighted by Gasteiger charge is 2.34. The molecule has 1 fully saturated rings. The van der Waals surface area contributed by atoms with Crippen LogP contribution >= 0.6 is 0 Å². The van der Waals surface area contributed by atoms with Crippen LogP contribution in [0.25, 0.3) is 0 Å². The fourth-order valence-electron chi connectivity index (χ4n) is 3.22. The van der Waals surface area contributed by atoms with E-state index in [4.69, 9.17) is 10.5 Å². The number of hydrogen-bond donors (Lipinski definition) is 1. The molecule has 0 bridgehead atoms. The second-order valence-electron chi connectivity index (χ2n) is 5.18. The summed E-state index contributed by atoms with van der Waals surface area (Å²) < 4.78 is 5.43. The predicted molar refractivity (Wildman–Crippen MR) is 71.5 cm³/mol. The molecule has 0 heterocycles. The standard InChI is InChI=1S/C15H23NO/c1-12-13(7-6-8-14(12)17-2)15(11-16)9-4-3-5-10-15/h6-8H,3-5,9-11,16H2,1-2H3. The van der Waals surface area contributed by atoms with E-state index >= 15 is 0 Å². The van der Waals surface area contributed by atoms with E-state index in [1.807, 2.05) is 6.07 Å². The molecule has 1 saturated carbocycles. The summed E-state index contributed by atoms with van der Waals surface area (Å²) in [7, 11) is 1.74. The second-order valence-corrected chi connectivity index (χ2v) is 5.18. The van der Waals surface area contributed by atoms with Crippen molar-refractivity contribution in [3.8, 4) is 5.75 Å². The summed E-state index contributed by atoms with van der Waals surface area (Å²) in [6.07, 6.45) is 6.39. The Balaban J connectivity index is 2.43. The van der Waals surface area contributed by atoms with Crippen molar-refractivity contribution in [2.45, 2.75) is 44.4 Å². The third-order valence-corrected chi connectivity index (χ3v) is 4.28. The maximum atomic E-state index is 6.09. The SMILES string of the molecule is COc1cccc(C2(CN)CCCCC2)c1C. The molecule has 2 rings (SSSR count). The van der Waals surface area contributed by atoms with Gasteiger partial charge >= 0.3 is 0 Å². The maximum absolute atomic E-state index is 6.09. The van der Waals surface area contributed by atoms with E-state index in [9.17, 15) is 0 Å². The van der Waals surface area contributed by atoms with Gasteiger partial charge in [0.1, 0.15) is 5.75 Å². The van der Waals surface area contributed by atoms with Crippen LogP contribution in [-0.2, 0) is 5.41 Å². The van der Waals surface area contributed by atoms with E-state index < -0.39 is 0 Å². The summed E-state index contributed by atoms with van der Waals surface area (Å²) in [5.41, 5.74) is 8.95. The molecule has 0 aliphatic heterocycles. The van der Waals surface area contributed by atoms with Gasteiger partial charge in [0, 0.05) is 12.0 Å². The minimum Gasteiger partial charge on any atom is -0.496 e. The van der Waals surface area contributed by atoms with Crippen LogP contribution in [0.2, 0.25) is 0 Å². The topological polar surface area (TPSA) is 35.2 Å². The average Bonchev–Trinajstić information content (AvgIpc) is 2.40. The Morgan fingerprint density at radius 1 is 1.24 bits per heavy atom. The number of hydrogen-bond acceptors (Lipinski definition) is 2. The molecule has 2 heteroatoms. The van der Waals surface area contributed by atoms with Crippen molar-refractivity contribution in [1.29, 1.82) is 0 Å². The molecule has 1 aliphatic rings. The van der Waals surface area contributed by atoms with Gasteiger partial charge in [-0.15, -0.1) is 0 Å². The first kappa shape index (κ1) is 12.4. The van der Waals surface area contributed by atoms with Gasteiger partial charge < -0.3 is 10.5 Å². The minimum atomic E-state index is 0.191. The van der Waals surface area contributed by atoms with Crippen LogP contribution in [-0.4, -0.2) is 13.7 Å². The predicted octanol–water partition coefficient (Wildman–Crippen LogP) is 3.16. The van der Waals surface area contributed by atoms with Gasteiger partial charge in [0.2, 0.25) is 0 Å². The van der Waals surface area contributed by atoms with Crippen molar-refractivity contribution in [2.75, 3.05) is 13.7 Å². The van der Waals surface area contributed by atoms with E-state index in [0.717, 1.165) is 12.3 Å². The zero-order valence-corrected chi connectivity index (χ0v) is 11.0.